The van der Waals surface area contributed by atoms with Gasteiger partial charge in [0.05, 0.1) is 19.1 Å². The van der Waals surface area contributed by atoms with Gasteiger partial charge in [-0.3, -0.25) is 4.79 Å². The van der Waals surface area contributed by atoms with Crippen molar-refractivity contribution in [3.63, 3.8) is 0 Å². The highest BCUT2D eigenvalue weighted by Gasteiger charge is 2.45. The standard InChI is InChI=1S/C36H55N3O8/c1-35(2,42)14-9-15-36(43,22-32(40)39-18-12-26(13-19-39)37(3)4)34(41)47-33-28-23-38(16-8-6-7-10-29(33)44-5)17-11-25-20-30-31(21-27(25)28)46-24-45-30/h10,20-21,26,28,33,42-43H,6-9,11-19,22-24H2,1-5H3/b29-10+/t28-,33+,36-/m1/s1. The van der Waals surface area contributed by atoms with Gasteiger partial charge in [-0.15, -0.1) is 0 Å². The van der Waals surface area contributed by atoms with Crippen molar-refractivity contribution in [2.45, 2.75) is 107 Å². The number of ether oxygens (including phenoxy) is 4. The lowest BCUT2D eigenvalue weighted by atomic mass is 9.86. The summed E-state index contributed by atoms with van der Waals surface area (Å²) in [6.45, 7) is 7.10. The maximum absolute atomic E-state index is 14.4. The largest absolute Gasteiger partial charge is 0.497 e. The lowest BCUT2D eigenvalue weighted by molar-refractivity contribution is -0.177. The Morgan fingerprint density at radius 3 is 2.43 bits per heavy atom. The van der Waals surface area contributed by atoms with Crippen molar-refractivity contribution < 1.29 is 38.7 Å². The molecule has 1 aromatic rings. The fraction of sp³-hybridized carbons (Fsp3) is 0.722. The molecule has 11 heteroatoms. The molecule has 2 N–H and O–H groups in total. The van der Waals surface area contributed by atoms with Crippen LogP contribution in [0.25, 0.3) is 0 Å². The number of hydrogen-bond donors (Lipinski definition) is 2. The number of aliphatic hydroxyl groups is 2. The number of rotatable bonds is 10. The minimum absolute atomic E-state index is 0.0134. The fourth-order valence-corrected chi connectivity index (χ4v) is 7.44. The number of likely N-dealkylation sites (tertiary alicyclic amines) is 1. The second-order valence-electron chi connectivity index (χ2n) is 14.6. The third-order valence-electron chi connectivity index (χ3n) is 10.3. The molecule has 2 bridgehead atoms. The van der Waals surface area contributed by atoms with E-state index in [9.17, 15) is 19.8 Å². The van der Waals surface area contributed by atoms with Gasteiger partial charge in [0.1, 0.15) is 5.76 Å². The number of amides is 1. The molecule has 1 unspecified atom stereocenters. The lowest BCUT2D eigenvalue weighted by Crippen LogP contribution is -2.50. The van der Waals surface area contributed by atoms with E-state index in [4.69, 9.17) is 18.9 Å². The Labute approximate surface area is 279 Å². The monoisotopic (exact) mass is 657 g/mol. The third-order valence-corrected chi connectivity index (χ3v) is 10.3. The molecule has 47 heavy (non-hydrogen) atoms. The van der Waals surface area contributed by atoms with E-state index in [1.54, 1.807) is 25.9 Å². The van der Waals surface area contributed by atoms with Crippen LogP contribution in [0, 0.1) is 0 Å². The Morgan fingerprint density at radius 1 is 1.02 bits per heavy atom. The SMILES string of the molecule is CO/C1=C/CCCCN2CCc3cc4c(cc3[C@@H](C2)[C@@H]1OC(=O)[C@@](O)(CCCC(C)(C)O)CC(=O)N1CCC(N(C)C)CC1)OCO4. The first-order chi connectivity index (χ1) is 22.4. The molecule has 0 spiro atoms. The van der Waals surface area contributed by atoms with Crippen LogP contribution in [-0.4, -0.2) is 121 Å². The topological polar surface area (TPSA) is 121 Å². The minimum Gasteiger partial charge on any atom is -0.497 e. The summed E-state index contributed by atoms with van der Waals surface area (Å²) in [6.07, 6.45) is 6.72. The number of benzene rings is 1. The Balaban J connectivity index is 1.45. The van der Waals surface area contributed by atoms with E-state index in [1.807, 2.05) is 32.3 Å². The number of methoxy groups -OCH3 is 1. The molecular formula is C36H55N3O8. The average Bonchev–Trinajstić information content (AvgIpc) is 3.42. The first-order valence-corrected chi connectivity index (χ1v) is 17.4. The third kappa shape index (κ3) is 8.79. The quantitative estimate of drug-likeness (QED) is 0.361. The first kappa shape index (κ1) is 35.4. The number of hydrogen-bond acceptors (Lipinski definition) is 10. The number of carbonyl (C=O) groups excluding carboxylic acids is 2. The fourth-order valence-electron chi connectivity index (χ4n) is 7.44. The Morgan fingerprint density at radius 2 is 1.74 bits per heavy atom. The molecule has 0 aliphatic carbocycles. The zero-order valence-electron chi connectivity index (χ0n) is 29.0. The van der Waals surface area contributed by atoms with Gasteiger partial charge in [-0.1, -0.05) is 0 Å². The van der Waals surface area contributed by atoms with E-state index in [2.05, 4.69) is 9.80 Å². The Kier molecular flexibility index (Phi) is 11.4. The van der Waals surface area contributed by atoms with Crippen molar-refractivity contribution in [3.8, 4) is 11.5 Å². The molecule has 1 fully saturated rings. The van der Waals surface area contributed by atoms with Crippen LogP contribution in [-0.2, 0) is 25.5 Å². The van der Waals surface area contributed by atoms with E-state index in [0.29, 0.717) is 55.8 Å². The summed E-state index contributed by atoms with van der Waals surface area (Å²) in [5.41, 5.74) is -0.945. The number of carbonyl (C=O) groups is 2. The normalized spacial score (nSPS) is 26.0. The van der Waals surface area contributed by atoms with Gasteiger partial charge in [-0.2, -0.15) is 0 Å². The van der Waals surface area contributed by atoms with E-state index in [0.717, 1.165) is 62.7 Å². The van der Waals surface area contributed by atoms with Crippen LogP contribution in [0.5, 0.6) is 11.5 Å². The first-order valence-electron chi connectivity index (χ1n) is 17.4. The van der Waals surface area contributed by atoms with Gasteiger partial charge in [0.15, 0.2) is 23.2 Å². The van der Waals surface area contributed by atoms with Gasteiger partial charge < -0.3 is 43.9 Å². The van der Waals surface area contributed by atoms with Crippen molar-refractivity contribution in [1.82, 2.24) is 14.7 Å². The second kappa shape index (κ2) is 15.1. The molecule has 11 nitrogen and oxygen atoms in total. The van der Waals surface area contributed by atoms with E-state index >= 15 is 0 Å². The van der Waals surface area contributed by atoms with Crippen molar-refractivity contribution in [2.24, 2.45) is 0 Å². The number of esters is 1. The molecule has 1 amide bonds. The molecule has 1 saturated heterocycles. The van der Waals surface area contributed by atoms with Crippen LogP contribution in [0.3, 0.4) is 0 Å². The molecule has 4 aliphatic heterocycles. The van der Waals surface area contributed by atoms with Crippen molar-refractivity contribution >= 4 is 11.9 Å². The van der Waals surface area contributed by atoms with Crippen LogP contribution in [0.1, 0.15) is 88.7 Å². The highest BCUT2D eigenvalue weighted by atomic mass is 16.7. The maximum atomic E-state index is 14.4. The zero-order chi connectivity index (χ0) is 33.8. The maximum Gasteiger partial charge on any atom is 0.339 e. The van der Waals surface area contributed by atoms with Gasteiger partial charge in [-0.25, -0.2) is 4.79 Å². The molecule has 4 atom stereocenters. The van der Waals surface area contributed by atoms with Crippen molar-refractivity contribution in [1.29, 1.82) is 0 Å². The predicted octanol–water partition coefficient (Wildman–Crippen LogP) is 3.60. The molecule has 1 aromatic carbocycles. The van der Waals surface area contributed by atoms with Gasteiger partial charge >= 0.3 is 5.97 Å². The highest BCUT2D eigenvalue weighted by Crippen LogP contribution is 2.42. The van der Waals surface area contributed by atoms with Gasteiger partial charge in [0.25, 0.3) is 0 Å². The van der Waals surface area contributed by atoms with Crippen LogP contribution in [0.4, 0.5) is 0 Å². The summed E-state index contributed by atoms with van der Waals surface area (Å²) in [6, 6.07) is 4.43. The smallest absolute Gasteiger partial charge is 0.339 e. The molecule has 5 rings (SSSR count). The number of allylic oxidation sites excluding steroid dienone is 1. The summed E-state index contributed by atoms with van der Waals surface area (Å²) in [4.78, 5) is 34.4. The van der Waals surface area contributed by atoms with Crippen LogP contribution < -0.4 is 9.47 Å². The van der Waals surface area contributed by atoms with E-state index in [-0.39, 0.29) is 31.5 Å². The lowest BCUT2D eigenvalue weighted by Gasteiger charge is -2.38. The zero-order valence-corrected chi connectivity index (χ0v) is 29.0. The molecular weight excluding hydrogens is 602 g/mol. The molecule has 262 valence electrons. The summed E-state index contributed by atoms with van der Waals surface area (Å²) < 4.78 is 23.8. The number of fused-ring (bicyclic) bond motifs is 5. The average molecular weight is 658 g/mol. The number of piperidine rings is 1. The van der Waals surface area contributed by atoms with Gasteiger partial charge in [-0.05, 0) is 122 Å². The number of nitrogens with zero attached hydrogens (tertiary/aromatic N) is 3. The van der Waals surface area contributed by atoms with Crippen molar-refractivity contribution in [3.05, 3.63) is 35.1 Å². The molecule has 4 aliphatic rings. The summed E-state index contributed by atoms with van der Waals surface area (Å²) in [5.74, 6) is 0.493. The van der Waals surface area contributed by atoms with Crippen molar-refractivity contribution in [2.75, 3.05) is 60.7 Å². The summed E-state index contributed by atoms with van der Waals surface area (Å²) >= 11 is 0. The summed E-state index contributed by atoms with van der Waals surface area (Å²) in [7, 11) is 5.67. The Hall–Kier alpha value is -2.86. The minimum atomic E-state index is -2.07. The van der Waals surface area contributed by atoms with Crippen LogP contribution >= 0.6 is 0 Å². The Bertz CT molecular complexity index is 1290. The van der Waals surface area contributed by atoms with Gasteiger partial charge in [0.2, 0.25) is 12.7 Å². The molecule has 0 aromatic heterocycles. The predicted molar refractivity (Wildman–Crippen MR) is 177 cm³/mol. The second-order valence-corrected chi connectivity index (χ2v) is 14.6. The molecule has 4 heterocycles. The molecule has 0 radical (unpaired) electrons. The van der Waals surface area contributed by atoms with E-state index < -0.39 is 23.3 Å². The highest BCUT2D eigenvalue weighted by molar-refractivity contribution is 5.88. The van der Waals surface area contributed by atoms with Crippen LogP contribution in [0.15, 0.2) is 24.0 Å². The summed E-state index contributed by atoms with van der Waals surface area (Å²) in [5, 5.41) is 22.5. The van der Waals surface area contributed by atoms with Gasteiger partial charge in [0, 0.05) is 38.1 Å². The van der Waals surface area contributed by atoms with Crippen LogP contribution in [0.2, 0.25) is 0 Å². The molecule has 0 saturated carbocycles. The van der Waals surface area contributed by atoms with E-state index in [1.165, 1.54) is 0 Å².